The summed E-state index contributed by atoms with van der Waals surface area (Å²) in [5.41, 5.74) is 1.39. The number of methoxy groups -OCH3 is 2. The number of aryl methyl sites for hydroxylation is 1. The normalized spacial score (nSPS) is 11.1. The third-order valence-corrected chi connectivity index (χ3v) is 5.23. The molecule has 2 aromatic rings. The summed E-state index contributed by atoms with van der Waals surface area (Å²) in [5, 5.41) is 1.27. The van der Waals surface area contributed by atoms with Gasteiger partial charge in [0.2, 0.25) is 0 Å². The average Bonchev–Trinajstić information content (AvgIpc) is 2.64. The van der Waals surface area contributed by atoms with Crippen molar-refractivity contribution >= 4 is 31.0 Å². The molecule has 146 valence electrons. The molecule has 0 spiro atoms. The first-order valence-electron chi connectivity index (χ1n) is 8.50. The Bertz CT molecular complexity index is 746. The molecule has 0 aromatic heterocycles. The summed E-state index contributed by atoms with van der Waals surface area (Å²) in [4.78, 5) is 12.8. The third-order valence-electron chi connectivity index (χ3n) is 3.75. The molecule has 0 bridgehead atoms. The molecule has 1 unspecified atom stereocenters. The van der Waals surface area contributed by atoms with Crippen LogP contribution in [0.5, 0.6) is 11.5 Å². The number of rotatable bonds is 11. The molecule has 27 heavy (non-hydrogen) atoms. The number of halogens is 1. The van der Waals surface area contributed by atoms with Gasteiger partial charge in [0.15, 0.2) is 5.52 Å². The molecular weight excluding hydrogens is 387 g/mol. The van der Waals surface area contributed by atoms with Crippen molar-refractivity contribution in [2.24, 2.45) is 0 Å². The van der Waals surface area contributed by atoms with E-state index in [1.54, 1.807) is 26.4 Å². The van der Waals surface area contributed by atoms with Gasteiger partial charge in [0.05, 0.1) is 18.2 Å². The summed E-state index contributed by atoms with van der Waals surface area (Å²) in [5.74, 6) is 1.27. The van der Waals surface area contributed by atoms with Crippen molar-refractivity contribution in [1.29, 1.82) is 0 Å². The fourth-order valence-electron chi connectivity index (χ4n) is 2.40. The fraction of sp³-hybridized carbons (Fsp3) is 0.350. The van der Waals surface area contributed by atoms with E-state index in [1.165, 1.54) is 0 Å². The zero-order chi connectivity index (χ0) is 19.6. The summed E-state index contributed by atoms with van der Waals surface area (Å²) in [6, 6.07) is 10.9. The first-order chi connectivity index (χ1) is 13.1. The summed E-state index contributed by atoms with van der Waals surface area (Å²) >= 11 is 6.23. The summed E-state index contributed by atoms with van der Waals surface area (Å²) in [6.07, 6.45) is 0. The molecule has 7 heteroatoms. The van der Waals surface area contributed by atoms with Crippen molar-refractivity contribution in [3.05, 3.63) is 52.5 Å². The molecule has 0 heterocycles. The highest BCUT2D eigenvalue weighted by Gasteiger charge is 2.17. The third kappa shape index (κ3) is 6.47. The van der Waals surface area contributed by atoms with Gasteiger partial charge in [-0.05, 0) is 39.3 Å². The Labute approximate surface area is 166 Å². The topological polar surface area (TPSA) is 54.0 Å². The standard InChI is InChI=1S/C20H24ClO5P/c1-14-5-4-6-16(21)19(14)20(22)27-18-8-7-15(25-11-9-23-2)13-17(18)26-12-10-24-3/h4-8,13,27H,9-12H2,1-3H3. The van der Waals surface area contributed by atoms with E-state index >= 15 is 0 Å². The van der Waals surface area contributed by atoms with E-state index in [4.69, 9.17) is 30.5 Å². The first kappa shape index (κ1) is 21.6. The maximum Gasteiger partial charge on any atom is 0.187 e. The lowest BCUT2D eigenvalue weighted by Crippen LogP contribution is -2.12. The predicted octanol–water partition coefficient (Wildman–Crippen LogP) is 3.84. The van der Waals surface area contributed by atoms with Crippen LogP contribution in [0.2, 0.25) is 5.02 Å². The molecule has 0 aliphatic rings. The van der Waals surface area contributed by atoms with Crippen LogP contribution in [0.15, 0.2) is 36.4 Å². The van der Waals surface area contributed by atoms with Crippen LogP contribution in [-0.4, -0.2) is 46.2 Å². The smallest absolute Gasteiger partial charge is 0.187 e. The monoisotopic (exact) mass is 410 g/mol. The molecule has 0 saturated carbocycles. The van der Waals surface area contributed by atoms with Crippen LogP contribution in [0.1, 0.15) is 15.9 Å². The lowest BCUT2D eigenvalue weighted by Gasteiger charge is -2.14. The van der Waals surface area contributed by atoms with Gasteiger partial charge in [0, 0.05) is 31.2 Å². The zero-order valence-electron chi connectivity index (χ0n) is 15.7. The molecular formula is C20H24ClO5P. The van der Waals surface area contributed by atoms with Gasteiger partial charge in [0.1, 0.15) is 24.7 Å². The minimum absolute atomic E-state index is 0.0252. The Hall–Kier alpha value is -1.65. The number of ether oxygens (including phenoxy) is 4. The lowest BCUT2D eigenvalue weighted by molar-refractivity contribution is 0.108. The van der Waals surface area contributed by atoms with Crippen LogP contribution < -0.4 is 14.8 Å². The van der Waals surface area contributed by atoms with Crippen molar-refractivity contribution in [3.8, 4) is 11.5 Å². The van der Waals surface area contributed by atoms with Crippen LogP contribution in [0.4, 0.5) is 0 Å². The van der Waals surface area contributed by atoms with Crippen LogP contribution >= 0.6 is 20.2 Å². The largest absolute Gasteiger partial charge is 0.491 e. The summed E-state index contributed by atoms with van der Waals surface area (Å²) in [7, 11) is 3.12. The Morgan fingerprint density at radius 2 is 1.70 bits per heavy atom. The molecule has 0 aliphatic carbocycles. The minimum atomic E-state index is -0.111. The molecule has 2 aromatic carbocycles. The number of benzene rings is 2. The second kappa shape index (κ2) is 11.3. The first-order valence-corrected chi connectivity index (χ1v) is 9.88. The van der Waals surface area contributed by atoms with E-state index < -0.39 is 0 Å². The van der Waals surface area contributed by atoms with E-state index in [1.807, 2.05) is 31.2 Å². The van der Waals surface area contributed by atoms with Crippen LogP contribution in [0.3, 0.4) is 0 Å². The van der Waals surface area contributed by atoms with Gasteiger partial charge in [-0.1, -0.05) is 23.7 Å². The van der Waals surface area contributed by atoms with Gasteiger partial charge in [-0.25, -0.2) is 0 Å². The molecule has 5 nitrogen and oxygen atoms in total. The summed E-state index contributed by atoms with van der Waals surface area (Å²) < 4.78 is 21.5. The van der Waals surface area contributed by atoms with Gasteiger partial charge < -0.3 is 18.9 Å². The second-order valence-corrected chi connectivity index (χ2v) is 7.38. The van der Waals surface area contributed by atoms with Crippen molar-refractivity contribution in [1.82, 2.24) is 0 Å². The molecule has 0 N–H and O–H groups in total. The van der Waals surface area contributed by atoms with E-state index in [9.17, 15) is 4.79 Å². The van der Waals surface area contributed by atoms with Gasteiger partial charge >= 0.3 is 0 Å². The maximum atomic E-state index is 12.8. The predicted molar refractivity (Wildman–Crippen MR) is 110 cm³/mol. The lowest BCUT2D eigenvalue weighted by atomic mass is 10.1. The molecule has 0 saturated heterocycles. The van der Waals surface area contributed by atoms with Gasteiger partial charge in [-0.3, -0.25) is 4.79 Å². The van der Waals surface area contributed by atoms with Gasteiger partial charge in [-0.15, -0.1) is 0 Å². The van der Waals surface area contributed by atoms with Crippen LogP contribution in [0.25, 0.3) is 0 Å². The number of carbonyl (C=O) groups excluding carboxylic acids is 1. The Morgan fingerprint density at radius 3 is 2.37 bits per heavy atom. The SMILES string of the molecule is COCCOc1ccc(PC(=O)c2c(C)cccc2Cl)c(OCCOC)c1. The molecule has 2 rings (SSSR count). The molecule has 0 aliphatic heterocycles. The van der Waals surface area contributed by atoms with E-state index in [-0.39, 0.29) is 14.1 Å². The zero-order valence-corrected chi connectivity index (χ0v) is 17.5. The Balaban J connectivity index is 2.21. The number of carbonyl (C=O) groups is 1. The highest BCUT2D eigenvalue weighted by atomic mass is 35.5. The highest BCUT2D eigenvalue weighted by molar-refractivity contribution is 7.66. The fourth-order valence-corrected chi connectivity index (χ4v) is 3.92. The van der Waals surface area contributed by atoms with Crippen molar-refractivity contribution < 1.29 is 23.7 Å². The quantitative estimate of drug-likeness (QED) is 0.416. The average molecular weight is 411 g/mol. The Kier molecular flexibility index (Phi) is 9.02. The van der Waals surface area contributed by atoms with Crippen LogP contribution in [-0.2, 0) is 9.47 Å². The summed E-state index contributed by atoms with van der Waals surface area (Å²) in [6.45, 7) is 3.65. The van der Waals surface area contributed by atoms with Crippen molar-refractivity contribution in [3.63, 3.8) is 0 Å². The molecule has 0 amide bonds. The van der Waals surface area contributed by atoms with Gasteiger partial charge in [-0.2, -0.15) is 0 Å². The van der Waals surface area contributed by atoms with Crippen LogP contribution in [0, 0.1) is 6.92 Å². The molecule has 0 fully saturated rings. The minimum Gasteiger partial charge on any atom is -0.491 e. The molecule has 1 atom stereocenters. The Morgan fingerprint density at radius 1 is 1.00 bits per heavy atom. The van der Waals surface area contributed by atoms with Crippen molar-refractivity contribution in [2.75, 3.05) is 40.6 Å². The van der Waals surface area contributed by atoms with Gasteiger partial charge in [0.25, 0.3) is 0 Å². The van der Waals surface area contributed by atoms with E-state index in [0.29, 0.717) is 48.5 Å². The maximum absolute atomic E-state index is 12.8. The molecule has 0 radical (unpaired) electrons. The van der Waals surface area contributed by atoms with E-state index in [0.717, 1.165) is 10.9 Å². The number of hydrogen-bond donors (Lipinski definition) is 0. The number of hydrogen-bond acceptors (Lipinski definition) is 5. The van der Waals surface area contributed by atoms with Crippen molar-refractivity contribution in [2.45, 2.75) is 6.92 Å². The van der Waals surface area contributed by atoms with E-state index in [2.05, 4.69) is 0 Å². The highest BCUT2D eigenvalue weighted by Crippen LogP contribution is 2.31. The second-order valence-electron chi connectivity index (χ2n) is 5.73.